The number of benzene rings is 4. The van der Waals surface area contributed by atoms with E-state index in [0.29, 0.717) is 28.2 Å². The Morgan fingerprint density at radius 3 is 1.76 bits per heavy atom. The summed E-state index contributed by atoms with van der Waals surface area (Å²) in [7, 11) is 7.10. The normalized spacial score (nSPS) is 12.6. The third-order valence-corrected chi connectivity index (χ3v) is 6.04. The topological polar surface area (TPSA) is 126 Å². The van der Waals surface area contributed by atoms with Crippen molar-refractivity contribution in [3.8, 4) is 0 Å². The summed E-state index contributed by atoms with van der Waals surface area (Å²) in [5, 5.41) is 48.4. The molecule has 0 amide bonds. The average Bonchev–Trinajstić information content (AvgIpc) is 2.88. The van der Waals surface area contributed by atoms with Crippen LogP contribution >= 0.6 is 0 Å². The predicted molar refractivity (Wildman–Crippen MR) is 146 cm³/mol. The largest absolute Gasteiger partial charge is 0.595 e. The van der Waals surface area contributed by atoms with Crippen LogP contribution in [0.2, 0.25) is 0 Å². The molecule has 2 unspecified atom stereocenters. The summed E-state index contributed by atoms with van der Waals surface area (Å²) in [5.41, 5.74) is 6.70. The minimum absolute atomic E-state index is 0.115. The van der Waals surface area contributed by atoms with Crippen molar-refractivity contribution in [3.05, 3.63) is 100 Å². The third kappa shape index (κ3) is 5.54. The first-order valence-corrected chi connectivity index (χ1v) is 11.6. The van der Waals surface area contributed by atoms with Crippen molar-refractivity contribution in [1.82, 2.24) is 0 Å². The molecular weight excluding hydrogens is 472 g/mol. The van der Waals surface area contributed by atoms with E-state index in [1.54, 1.807) is 74.4 Å². The molecule has 0 bridgehead atoms. The maximum absolute atomic E-state index is 12.1. The highest BCUT2D eigenvalue weighted by molar-refractivity contribution is 6.14. The first-order valence-electron chi connectivity index (χ1n) is 11.6. The van der Waals surface area contributed by atoms with Crippen LogP contribution in [0.4, 0.5) is 28.4 Å². The van der Waals surface area contributed by atoms with Gasteiger partial charge in [0.1, 0.15) is 11.4 Å². The van der Waals surface area contributed by atoms with Crippen LogP contribution in [0.25, 0.3) is 10.8 Å². The lowest BCUT2D eigenvalue weighted by atomic mass is 10.00. The maximum atomic E-state index is 12.1. The van der Waals surface area contributed by atoms with Crippen LogP contribution in [0.3, 0.4) is 0 Å². The Balaban J connectivity index is 1.90. The van der Waals surface area contributed by atoms with Gasteiger partial charge < -0.3 is 20.2 Å². The molecule has 4 aromatic rings. The molecule has 5 N–H and O–H groups in total. The molecule has 0 aliphatic rings. The third-order valence-electron chi connectivity index (χ3n) is 6.04. The molecule has 37 heavy (non-hydrogen) atoms. The predicted octanol–water partition coefficient (Wildman–Crippen LogP) is 2.64. The standard InChI is InChI=1S/C27H30N6O4/c1-30(2)23-14-12-19(16-25(23)32(34)35)27(20-13-15-24(31(3)4)26(17-20)33(36)37)29-28-22-11-7-9-18-8-5-6-10-21(18)22/h5-17,28,32-34,36H,1-4H3. The van der Waals surface area contributed by atoms with Gasteiger partial charge in [-0.1, -0.05) is 48.5 Å². The van der Waals surface area contributed by atoms with Crippen molar-refractivity contribution in [2.45, 2.75) is 0 Å². The number of hydrogen-bond donors (Lipinski definition) is 5. The van der Waals surface area contributed by atoms with Gasteiger partial charge in [-0.15, -0.1) is 0 Å². The van der Waals surface area contributed by atoms with E-state index in [9.17, 15) is 20.8 Å². The van der Waals surface area contributed by atoms with Crippen molar-refractivity contribution in [1.29, 1.82) is 0 Å². The molecule has 4 aromatic carbocycles. The Morgan fingerprint density at radius 2 is 1.24 bits per heavy atom. The molecule has 10 heteroatoms. The average molecular weight is 503 g/mol. The van der Waals surface area contributed by atoms with Gasteiger partial charge in [0.05, 0.1) is 11.4 Å². The molecule has 2 atom stereocenters. The molecule has 0 aliphatic carbocycles. The van der Waals surface area contributed by atoms with Crippen molar-refractivity contribution in [2.24, 2.45) is 5.10 Å². The van der Waals surface area contributed by atoms with Gasteiger partial charge in [0, 0.05) is 56.8 Å². The van der Waals surface area contributed by atoms with Crippen molar-refractivity contribution >= 4 is 44.9 Å². The minimum Gasteiger partial charge on any atom is -0.595 e. The highest BCUT2D eigenvalue weighted by Crippen LogP contribution is 2.28. The molecule has 0 saturated heterocycles. The fraction of sp³-hybridized carbons (Fsp3) is 0.148. The lowest BCUT2D eigenvalue weighted by molar-refractivity contribution is -0.990. The molecule has 0 radical (unpaired) electrons. The van der Waals surface area contributed by atoms with Crippen LogP contribution in [0.15, 0.2) is 84.0 Å². The van der Waals surface area contributed by atoms with Crippen LogP contribution in [-0.4, -0.2) is 44.3 Å². The molecule has 0 saturated carbocycles. The van der Waals surface area contributed by atoms with Crippen LogP contribution in [-0.2, 0) is 0 Å². The first kappa shape index (κ1) is 26.0. The Morgan fingerprint density at radius 1 is 0.730 bits per heavy atom. The number of anilines is 3. The van der Waals surface area contributed by atoms with Gasteiger partial charge in [-0.3, -0.25) is 5.43 Å². The van der Waals surface area contributed by atoms with Gasteiger partial charge in [-0.25, -0.2) is 10.4 Å². The van der Waals surface area contributed by atoms with Gasteiger partial charge in [0.25, 0.3) is 0 Å². The molecule has 0 heterocycles. The summed E-state index contributed by atoms with van der Waals surface area (Å²) in [6.45, 7) is 0. The van der Waals surface area contributed by atoms with Crippen LogP contribution in [0.5, 0.6) is 0 Å². The van der Waals surface area contributed by atoms with E-state index in [4.69, 9.17) is 0 Å². The van der Waals surface area contributed by atoms with E-state index in [-0.39, 0.29) is 11.4 Å². The van der Waals surface area contributed by atoms with Crippen LogP contribution in [0, 0.1) is 10.4 Å². The number of quaternary nitrogens is 2. The van der Waals surface area contributed by atoms with Crippen LogP contribution < -0.4 is 25.7 Å². The zero-order chi connectivity index (χ0) is 26.7. The number of hydrogen-bond acceptors (Lipinski definition) is 8. The quantitative estimate of drug-likeness (QED) is 0.185. The number of hydrazone groups is 1. The number of fused-ring (bicyclic) bond motifs is 1. The van der Waals surface area contributed by atoms with Gasteiger partial charge in [0.2, 0.25) is 0 Å². The van der Waals surface area contributed by atoms with E-state index in [2.05, 4.69) is 10.5 Å². The second-order valence-corrected chi connectivity index (χ2v) is 8.96. The van der Waals surface area contributed by atoms with Crippen LogP contribution in [0.1, 0.15) is 11.1 Å². The van der Waals surface area contributed by atoms with Crippen molar-refractivity contribution in [2.75, 3.05) is 43.4 Å². The molecule has 0 aliphatic heterocycles. The fourth-order valence-corrected chi connectivity index (χ4v) is 4.22. The summed E-state index contributed by atoms with van der Waals surface area (Å²) in [6.07, 6.45) is 0. The van der Waals surface area contributed by atoms with Gasteiger partial charge in [-0.05, 0) is 23.6 Å². The zero-order valence-corrected chi connectivity index (χ0v) is 21.1. The second kappa shape index (κ2) is 10.9. The first-order chi connectivity index (χ1) is 17.7. The second-order valence-electron chi connectivity index (χ2n) is 8.96. The SMILES string of the molecule is CN(C)c1ccc(C(=NNc2cccc3ccccc23)c2ccc(N(C)C)c([NH+]([O-])O)c2)cc1[NH+]([O-])O. The number of rotatable bonds is 8. The van der Waals surface area contributed by atoms with E-state index in [1.165, 1.54) is 0 Å². The molecule has 0 aromatic heterocycles. The number of nitrogens with one attached hydrogen (secondary N) is 3. The summed E-state index contributed by atoms with van der Waals surface area (Å²) >= 11 is 0. The lowest BCUT2D eigenvalue weighted by Gasteiger charge is -2.23. The zero-order valence-electron chi connectivity index (χ0n) is 21.1. The Labute approximate surface area is 214 Å². The van der Waals surface area contributed by atoms with E-state index in [1.807, 2.05) is 42.5 Å². The summed E-state index contributed by atoms with van der Waals surface area (Å²) in [5.74, 6) is 0. The van der Waals surface area contributed by atoms with E-state index >= 15 is 0 Å². The maximum Gasteiger partial charge on any atom is 0.188 e. The minimum atomic E-state index is -1.07. The summed E-state index contributed by atoms with van der Waals surface area (Å²) in [4.78, 5) is 3.46. The smallest absolute Gasteiger partial charge is 0.188 e. The van der Waals surface area contributed by atoms with Crippen molar-refractivity contribution < 1.29 is 20.9 Å². The fourth-order valence-electron chi connectivity index (χ4n) is 4.22. The molecular formula is C27H30N6O4. The van der Waals surface area contributed by atoms with E-state index < -0.39 is 10.5 Å². The summed E-state index contributed by atoms with van der Waals surface area (Å²) in [6, 6.07) is 23.8. The lowest BCUT2D eigenvalue weighted by Crippen LogP contribution is -2.99. The molecule has 0 spiro atoms. The monoisotopic (exact) mass is 502 g/mol. The summed E-state index contributed by atoms with van der Waals surface area (Å²) < 4.78 is 0. The van der Waals surface area contributed by atoms with Gasteiger partial charge in [-0.2, -0.15) is 15.6 Å². The highest BCUT2D eigenvalue weighted by atomic mass is 16.8. The van der Waals surface area contributed by atoms with Gasteiger partial charge in [0.15, 0.2) is 11.4 Å². The molecule has 0 fully saturated rings. The Bertz CT molecular complexity index is 1370. The molecule has 10 nitrogen and oxygen atoms in total. The Hall–Kier alpha value is -4.03. The van der Waals surface area contributed by atoms with Gasteiger partial charge >= 0.3 is 0 Å². The Kier molecular flexibility index (Phi) is 7.69. The van der Waals surface area contributed by atoms with Crippen molar-refractivity contribution in [3.63, 3.8) is 0 Å². The molecule has 192 valence electrons. The highest BCUT2D eigenvalue weighted by Gasteiger charge is 2.19. The van der Waals surface area contributed by atoms with E-state index in [0.717, 1.165) is 16.5 Å². The molecule has 4 rings (SSSR count). The number of nitrogens with zero attached hydrogens (tertiary/aromatic N) is 3.